The van der Waals surface area contributed by atoms with Crippen molar-refractivity contribution in [3.05, 3.63) is 28.8 Å². The Bertz CT molecular complexity index is 433. The molecule has 0 aliphatic carbocycles. The lowest BCUT2D eigenvalue weighted by Crippen LogP contribution is -2.26. The van der Waals surface area contributed by atoms with Crippen molar-refractivity contribution in [2.45, 2.75) is 46.2 Å². The lowest BCUT2D eigenvalue weighted by Gasteiger charge is -2.25. The molecule has 1 saturated heterocycles. The van der Waals surface area contributed by atoms with E-state index in [0.717, 1.165) is 24.0 Å². The monoisotopic (exact) mass is 280 g/mol. The van der Waals surface area contributed by atoms with E-state index in [0.29, 0.717) is 12.1 Å². The zero-order valence-electron chi connectivity index (χ0n) is 12.4. The van der Waals surface area contributed by atoms with Crippen LogP contribution in [0.3, 0.4) is 0 Å². The van der Waals surface area contributed by atoms with Crippen molar-refractivity contribution in [1.29, 1.82) is 0 Å². The molecule has 106 valence electrons. The number of anilines is 1. The van der Waals surface area contributed by atoms with Gasteiger partial charge >= 0.3 is 0 Å². The van der Waals surface area contributed by atoms with Gasteiger partial charge in [0.1, 0.15) is 0 Å². The molecule has 1 aliphatic rings. The van der Waals surface area contributed by atoms with Crippen molar-refractivity contribution in [2.24, 2.45) is 5.92 Å². The van der Waals surface area contributed by atoms with Gasteiger partial charge in [0.25, 0.3) is 0 Å². The van der Waals surface area contributed by atoms with Crippen LogP contribution in [0.4, 0.5) is 5.69 Å². The van der Waals surface area contributed by atoms with Gasteiger partial charge in [-0.3, -0.25) is 0 Å². The maximum atomic E-state index is 6.46. The van der Waals surface area contributed by atoms with Gasteiger partial charge in [-0.15, -0.1) is 0 Å². The van der Waals surface area contributed by atoms with E-state index in [-0.39, 0.29) is 0 Å². The van der Waals surface area contributed by atoms with Gasteiger partial charge in [0.15, 0.2) is 0 Å². The summed E-state index contributed by atoms with van der Waals surface area (Å²) in [7, 11) is 0. The number of benzene rings is 1. The van der Waals surface area contributed by atoms with Gasteiger partial charge < -0.3 is 10.2 Å². The van der Waals surface area contributed by atoms with Gasteiger partial charge in [0, 0.05) is 29.3 Å². The van der Waals surface area contributed by atoms with E-state index in [4.69, 9.17) is 11.6 Å². The van der Waals surface area contributed by atoms with Crippen LogP contribution < -0.4 is 10.2 Å². The minimum Gasteiger partial charge on any atom is -0.369 e. The highest BCUT2D eigenvalue weighted by Gasteiger charge is 2.26. The van der Waals surface area contributed by atoms with Crippen LogP contribution in [0.5, 0.6) is 0 Å². The van der Waals surface area contributed by atoms with E-state index in [1.54, 1.807) is 0 Å². The summed E-state index contributed by atoms with van der Waals surface area (Å²) in [4.78, 5) is 2.47. The molecule has 3 atom stereocenters. The molecule has 2 rings (SSSR count). The van der Waals surface area contributed by atoms with Crippen LogP contribution >= 0.6 is 11.6 Å². The predicted octanol–water partition coefficient (Wildman–Crippen LogP) is 4.25. The summed E-state index contributed by atoms with van der Waals surface area (Å²) in [6.07, 6.45) is 1.27. The summed E-state index contributed by atoms with van der Waals surface area (Å²) in [5.74, 6) is 0.772. The van der Waals surface area contributed by atoms with E-state index in [1.165, 1.54) is 17.7 Å². The minimum absolute atomic E-state index is 0.307. The third kappa shape index (κ3) is 3.24. The Morgan fingerprint density at radius 1 is 1.42 bits per heavy atom. The smallest absolute Gasteiger partial charge is 0.0474 e. The van der Waals surface area contributed by atoms with E-state index in [1.807, 2.05) is 0 Å². The molecule has 0 amide bonds. The van der Waals surface area contributed by atoms with Gasteiger partial charge in [0.05, 0.1) is 0 Å². The number of halogens is 1. The summed E-state index contributed by atoms with van der Waals surface area (Å²) >= 11 is 6.46. The first-order valence-electron chi connectivity index (χ1n) is 7.32. The average molecular weight is 281 g/mol. The van der Waals surface area contributed by atoms with Gasteiger partial charge in [-0.1, -0.05) is 31.5 Å². The molecule has 0 aromatic heterocycles. The van der Waals surface area contributed by atoms with E-state index in [2.05, 4.69) is 56.1 Å². The highest BCUT2D eigenvalue weighted by molar-refractivity contribution is 6.31. The summed E-state index contributed by atoms with van der Waals surface area (Å²) in [6, 6.07) is 7.42. The van der Waals surface area contributed by atoms with Crippen molar-refractivity contribution >= 4 is 17.3 Å². The van der Waals surface area contributed by atoms with Crippen LogP contribution in [-0.4, -0.2) is 19.1 Å². The molecule has 1 heterocycles. The molecule has 3 unspecified atom stereocenters. The maximum Gasteiger partial charge on any atom is 0.0474 e. The fourth-order valence-electron chi connectivity index (χ4n) is 3.12. The standard InChI is InChI=1S/C16H25ClN2/c1-5-18-13(4)15-7-6-14(9-16(15)17)19-10-11(2)8-12(19)3/h6-7,9,11-13,18H,5,8,10H2,1-4H3. The quantitative estimate of drug-likeness (QED) is 0.887. The Hall–Kier alpha value is -0.730. The zero-order chi connectivity index (χ0) is 14.0. The molecule has 0 radical (unpaired) electrons. The topological polar surface area (TPSA) is 15.3 Å². The molecule has 1 aliphatic heterocycles. The number of hydrogen-bond donors (Lipinski definition) is 1. The molecule has 0 bridgehead atoms. The Balaban J connectivity index is 2.19. The van der Waals surface area contributed by atoms with Crippen LogP contribution in [0.1, 0.15) is 45.7 Å². The first-order valence-corrected chi connectivity index (χ1v) is 7.70. The molecule has 0 spiro atoms. The number of rotatable bonds is 4. The second-order valence-electron chi connectivity index (χ2n) is 5.83. The number of hydrogen-bond acceptors (Lipinski definition) is 2. The summed E-state index contributed by atoms with van der Waals surface area (Å²) in [5.41, 5.74) is 2.45. The Labute approximate surface area is 122 Å². The highest BCUT2D eigenvalue weighted by atomic mass is 35.5. The molecular weight excluding hydrogens is 256 g/mol. The second-order valence-corrected chi connectivity index (χ2v) is 6.23. The number of nitrogens with one attached hydrogen (secondary N) is 1. The van der Waals surface area contributed by atoms with Crippen LogP contribution in [0.25, 0.3) is 0 Å². The minimum atomic E-state index is 0.307. The summed E-state index contributed by atoms with van der Waals surface area (Å²) in [5, 5.41) is 4.28. The molecule has 1 aromatic rings. The van der Waals surface area contributed by atoms with E-state index in [9.17, 15) is 0 Å². The van der Waals surface area contributed by atoms with Gasteiger partial charge in [0.2, 0.25) is 0 Å². The highest BCUT2D eigenvalue weighted by Crippen LogP contribution is 2.33. The van der Waals surface area contributed by atoms with Crippen LogP contribution in [0, 0.1) is 5.92 Å². The maximum absolute atomic E-state index is 6.46. The van der Waals surface area contributed by atoms with E-state index < -0.39 is 0 Å². The van der Waals surface area contributed by atoms with Crippen molar-refractivity contribution in [3.63, 3.8) is 0 Å². The van der Waals surface area contributed by atoms with Crippen LogP contribution in [-0.2, 0) is 0 Å². The molecule has 1 fully saturated rings. The predicted molar refractivity (Wildman–Crippen MR) is 84.1 cm³/mol. The lowest BCUT2D eigenvalue weighted by atomic mass is 10.1. The molecule has 3 heteroatoms. The van der Waals surface area contributed by atoms with E-state index >= 15 is 0 Å². The second kappa shape index (κ2) is 6.15. The summed E-state index contributed by atoms with van der Waals surface area (Å²) in [6.45, 7) is 11.0. The largest absolute Gasteiger partial charge is 0.369 e. The third-order valence-corrected chi connectivity index (χ3v) is 4.40. The Kier molecular flexibility index (Phi) is 4.75. The fraction of sp³-hybridized carbons (Fsp3) is 0.625. The zero-order valence-corrected chi connectivity index (χ0v) is 13.2. The lowest BCUT2D eigenvalue weighted by molar-refractivity contribution is 0.598. The number of nitrogens with zero attached hydrogens (tertiary/aromatic N) is 1. The molecule has 1 N–H and O–H groups in total. The van der Waals surface area contributed by atoms with Crippen molar-refractivity contribution in [2.75, 3.05) is 18.0 Å². The fourth-order valence-corrected chi connectivity index (χ4v) is 3.46. The third-order valence-electron chi connectivity index (χ3n) is 4.08. The normalized spacial score (nSPS) is 24.8. The van der Waals surface area contributed by atoms with Crippen molar-refractivity contribution in [3.8, 4) is 0 Å². The SMILES string of the molecule is CCNC(C)c1ccc(N2CC(C)CC2C)cc1Cl. The molecule has 1 aromatic carbocycles. The van der Waals surface area contributed by atoms with Crippen molar-refractivity contribution < 1.29 is 0 Å². The van der Waals surface area contributed by atoms with Gasteiger partial charge in [-0.25, -0.2) is 0 Å². The van der Waals surface area contributed by atoms with Gasteiger partial charge in [-0.05, 0) is 50.4 Å². The first kappa shape index (κ1) is 14.7. The molecule has 19 heavy (non-hydrogen) atoms. The Morgan fingerprint density at radius 2 is 2.16 bits per heavy atom. The molecular formula is C16H25ClN2. The first-order chi connectivity index (χ1) is 9.02. The van der Waals surface area contributed by atoms with Crippen molar-refractivity contribution in [1.82, 2.24) is 5.32 Å². The Morgan fingerprint density at radius 3 is 2.68 bits per heavy atom. The van der Waals surface area contributed by atoms with Crippen LogP contribution in [0.2, 0.25) is 5.02 Å². The van der Waals surface area contributed by atoms with Crippen LogP contribution in [0.15, 0.2) is 18.2 Å². The summed E-state index contributed by atoms with van der Waals surface area (Å²) < 4.78 is 0. The average Bonchev–Trinajstić information content (AvgIpc) is 2.68. The molecule has 2 nitrogen and oxygen atoms in total. The van der Waals surface area contributed by atoms with Gasteiger partial charge in [-0.2, -0.15) is 0 Å². The molecule has 0 saturated carbocycles.